The zero-order chi connectivity index (χ0) is 23.5. The lowest BCUT2D eigenvalue weighted by atomic mass is 9.75. The van der Waals surface area contributed by atoms with Crippen molar-refractivity contribution in [3.8, 4) is 11.5 Å². The molecule has 2 aliphatic rings. The number of carbonyl (C=O) groups excluding carboxylic acids is 3. The molecule has 0 radical (unpaired) electrons. The molecule has 1 aromatic carbocycles. The molecule has 174 valence electrons. The van der Waals surface area contributed by atoms with Crippen molar-refractivity contribution in [1.82, 2.24) is 15.1 Å². The number of piperidine rings is 1. The normalized spacial score (nSPS) is 21.5. The summed E-state index contributed by atoms with van der Waals surface area (Å²) in [5.74, 6) is 1.13. The highest BCUT2D eigenvalue weighted by molar-refractivity contribution is 6.07. The summed E-state index contributed by atoms with van der Waals surface area (Å²) >= 11 is 0. The molecule has 0 aliphatic carbocycles. The van der Waals surface area contributed by atoms with Gasteiger partial charge < -0.3 is 19.7 Å². The predicted molar refractivity (Wildman–Crippen MR) is 121 cm³/mol. The molecule has 32 heavy (non-hydrogen) atoms. The number of hydrogen-bond acceptors (Lipinski definition) is 5. The molecule has 2 heterocycles. The lowest BCUT2D eigenvalue weighted by Crippen LogP contribution is -2.56. The molecule has 1 N–H and O–H groups in total. The van der Waals surface area contributed by atoms with Crippen LogP contribution in [-0.4, -0.2) is 67.0 Å². The van der Waals surface area contributed by atoms with Gasteiger partial charge in [-0.25, -0.2) is 4.79 Å². The van der Waals surface area contributed by atoms with Crippen molar-refractivity contribution in [2.75, 3.05) is 33.9 Å². The number of ether oxygens (including phenoxy) is 2. The van der Waals surface area contributed by atoms with Gasteiger partial charge in [0.05, 0.1) is 27.2 Å². The third-order valence-electron chi connectivity index (χ3n) is 6.56. The number of methoxy groups -OCH3 is 2. The third kappa shape index (κ3) is 4.45. The molecule has 4 amide bonds. The summed E-state index contributed by atoms with van der Waals surface area (Å²) in [6, 6.07) is 5.05. The van der Waals surface area contributed by atoms with Gasteiger partial charge >= 0.3 is 6.03 Å². The molecule has 0 spiro atoms. The first-order valence-corrected chi connectivity index (χ1v) is 11.0. The number of imide groups is 1. The average molecular weight is 444 g/mol. The Hall–Kier alpha value is -3.03. The number of benzene rings is 1. The fraction of sp³-hybridized carbons (Fsp3) is 0.542. The standard InChI is InChI=1S/C24H33N3O5/c1-6-24(22(29)27(15-16(2)3)23(30)25-24)18-9-11-26(12-10-18)21(28)14-17-13-19(31-4)7-8-20(17)32-5/h7-8,13,18H,2,6,9-12,14-15H2,1,3-5H3,(H,25,30)/t24-/m0/s1. The Bertz CT molecular complexity index is 907. The molecule has 0 bridgehead atoms. The second-order valence-corrected chi connectivity index (χ2v) is 8.61. The van der Waals surface area contributed by atoms with Gasteiger partial charge in [0, 0.05) is 18.7 Å². The van der Waals surface area contributed by atoms with Gasteiger partial charge in [-0.1, -0.05) is 19.1 Å². The van der Waals surface area contributed by atoms with Crippen LogP contribution in [0.4, 0.5) is 4.79 Å². The number of hydrogen-bond donors (Lipinski definition) is 1. The van der Waals surface area contributed by atoms with Crippen LogP contribution in [-0.2, 0) is 16.0 Å². The smallest absolute Gasteiger partial charge is 0.325 e. The van der Waals surface area contributed by atoms with Crippen LogP contribution in [0.5, 0.6) is 11.5 Å². The summed E-state index contributed by atoms with van der Waals surface area (Å²) in [6.45, 7) is 8.86. The monoisotopic (exact) mass is 443 g/mol. The maximum absolute atomic E-state index is 13.2. The van der Waals surface area contributed by atoms with Crippen LogP contribution in [0.25, 0.3) is 0 Å². The summed E-state index contributed by atoms with van der Waals surface area (Å²) in [5.41, 5.74) is 0.629. The molecule has 1 atom stereocenters. The first-order chi connectivity index (χ1) is 15.2. The molecule has 8 nitrogen and oxygen atoms in total. The second-order valence-electron chi connectivity index (χ2n) is 8.61. The number of urea groups is 1. The van der Waals surface area contributed by atoms with Gasteiger partial charge in [-0.3, -0.25) is 14.5 Å². The summed E-state index contributed by atoms with van der Waals surface area (Å²) < 4.78 is 10.7. The maximum Gasteiger partial charge on any atom is 0.325 e. The van der Waals surface area contributed by atoms with E-state index in [1.54, 1.807) is 33.3 Å². The van der Waals surface area contributed by atoms with Gasteiger partial charge in [0.1, 0.15) is 17.0 Å². The molecular weight excluding hydrogens is 410 g/mol. The van der Waals surface area contributed by atoms with E-state index in [4.69, 9.17) is 9.47 Å². The van der Waals surface area contributed by atoms with Crippen LogP contribution >= 0.6 is 0 Å². The number of carbonyl (C=O) groups is 3. The van der Waals surface area contributed by atoms with Crippen molar-refractivity contribution in [3.63, 3.8) is 0 Å². The van der Waals surface area contributed by atoms with E-state index in [2.05, 4.69) is 11.9 Å². The Morgan fingerprint density at radius 2 is 1.91 bits per heavy atom. The van der Waals surface area contributed by atoms with Crippen LogP contribution in [0.15, 0.2) is 30.4 Å². The number of rotatable bonds is 8. The molecule has 2 saturated heterocycles. The highest BCUT2D eigenvalue weighted by Crippen LogP contribution is 2.36. The zero-order valence-corrected chi connectivity index (χ0v) is 19.4. The largest absolute Gasteiger partial charge is 0.497 e. The van der Waals surface area contributed by atoms with E-state index in [0.717, 1.165) is 11.1 Å². The molecule has 8 heteroatoms. The van der Waals surface area contributed by atoms with Crippen molar-refractivity contribution in [1.29, 1.82) is 0 Å². The van der Waals surface area contributed by atoms with Crippen LogP contribution in [0.3, 0.4) is 0 Å². The number of nitrogens with zero attached hydrogens (tertiary/aromatic N) is 2. The summed E-state index contributed by atoms with van der Waals surface area (Å²) in [4.78, 5) is 41.7. The quantitative estimate of drug-likeness (QED) is 0.493. The molecule has 2 fully saturated rings. The minimum Gasteiger partial charge on any atom is -0.497 e. The topological polar surface area (TPSA) is 88.2 Å². The highest BCUT2D eigenvalue weighted by atomic mass is 16.5. The van der Waals surface area contributed by atoms with Crippen LogP contribution in [0, 0.1) is 5.92 Å². The van der Waals surface area contributed by atoms with Crippen molar-refractivity contribution < 1.29 is 23.9 Å². The molecule has 0 saturated carbocycles. The maximum atomic E-state index is 13.2. The predicted octanol–water partition coefficient (Wildman–Crippen LogP) is 2.76. The van der Waals surface area contributed by atoms with E-state index < -0.39 is 5.54 Å². The first-order valence-electron chi connectivity index (χ1n) is 11.0. The summed E-state index contributed by atoms with van der Waals surface area (Å²) in [6.07, 6.45) is 2.04. The van der Waals surface area contributed by atoms with Crippen molar-refractivity contribution in [2.45, 2.75) is 45.1 Å². The van der Waals surface area contributed by atoms with Crippen molar-refractivity contribution >= 4 is 17.8 Å². The molecule has 2 aliphatic heterocycles. The molecule has 0 unspecified atom stereocenters. The van der Waals surface area contributed by atoms with Gasteiger partial charge in [-0.2, -0.15) is 0 Å². The zero-order valence-electron chi connectivity index (χ0n) is 19.4. The summed E-state index contributed by atoms with van der Waals surface area (Å²) in [5, 5.41) is 2.97. The first kappa shape index (κ1) is 23.6. The van der Waals surface area contributed by atoms with E-state index in [1.807, 2.05) is 17.9 Å². The van der Waals surface area contributed by atoms with Gasteiger partial charge in [-0.05, 0) is 50.3 Å². The number of likely N-dealkylation sites (tertiary alicyclic amines) is 1. The number of amides is 4. The Labute approximate surface area is 189 Å². The Morgan fingerprint density at radius 3 is 2.47 bits per heavy atom. The van der Waals surface area contributed by atoms with Gasteiger partial charge in [-0.15, -0.1) is 0 Å². The van der Waals surface area contributed by atoms with Crippen LogP contribution < -0.4 is 14.8 Å². The van der Waals surface area contributed by atoms with Crippen molar-refractivity contribution in [2.24, 2.45) is 5.92 Å². The number of nitrogens with one attached hydrogen (secondary N) is 1. The van der Waals surface area contributed by atoms with Gasteiger partial charge in [0.15, 0.2) is 0 Å². The van der Waals surface area contributed by atoms with Gasteiger partial charge in [0.2, 0.25) is 5.91 Å². The molecule has 1 aromatic rings. The highest BCUT2D eigenvalue weighted by Gasteiger charge is 2.54. The minimum atomic E-state index is -0.905. The Morgan fingerprint density at radius 1 is 1.22 bits per heavy atom. The second kappa shape index (κ2) is 9.63. The van der Waals surface area contributed by atoms with Crippen molar-refractivity contribution in [3.05, 3.63) is 35.9 Å². The van der Waals surface area contributed by atoms with Crippen LogP contribution in [0.2, 0.25) is 0 Å². The third-order valence-corrected chi connectivity index (χ3v) is 6.56. The summed E-state index contributed by atoms with van der Waals surface area (Å²) in [7, 11) is 3.16. The van der Waals surface area contributed by atoms with E-state index >= 15 is 0 Å². The van der Waals surface area contributed by atoms with E-state index in [-0.39, 0.29) is 36.7 Å². The van der Waals surface area contributed by atoms with E-state index in [1.165, 1.54) is 4.90 Å². The molecule has 3 rings (SSSR count). The SMILES string of the molecule is C=C(C)CN1C(=O)N[C@@](CC)(C2CCN(C(=O)Cc3cc(OC)ccc3OC)CC2)C1=O. The van der Waals surface area contributed by atoms with E-state index in [0.29, 0.717) is 43.9 Å². The Kier molecular flexibility index (Phi) is 7.11. The average Bonchev–Trinajstić information content (AvgIpc) is 3.03. The lowest BCUT2D eigenvalue weighted by molar-refractivity contribution is -0.135. The minimum absolute atomic E-state index is 0.00578. The molecular formula is C24H33N3O5. The van der Waals surface area contributed by atoms with Gasteiger partial charge in [0.25, 0.3) is 5.91 Å². The van der Waals surface area contributed by atoms with Crippen LogP contribution in [0.1, 0.15) is 38.7 Å². The lowest BCUT2D eigenvalue weighted by Gasteiger charge is -2.40. The molecule has 0 aromatic heterocycles. The van der Waals surface area contributed by atoms with E-state index in [9.17, 15) is 14.4 Å². The Balaban J connectivity index is 1.67. The fourth-order valence-electron chi connectivity index (χ4n) is 4.78. The fourth-order valence-corrected chi connectivity index (χ4v) is 4.78.